The maximum atomic E-state index is 12.4. The smallest absolute Gasteiger partial charge is 0.255 e. The van der Waals surface area contributed by atoms with Gasteiger partial charge in [-0.25, -0.2) is 0 Å². The molecule has 120 valence electrons. The number of methoxy groups -OCH3 is 1. The maximum absolute atomic E-state index is 12.4. The molecule has 0 aromatic heterocycles. The zero-order valence-corrected chi connectivity index (χ0v) is 13.6. The molecule has 0 saturated heterocycles. The number of carbonyl (C=O) groups is 2. The van der Waals surface area contributed by atoms with Crippen LogP contribution in [0.25, 0.3) is 0 Å². The van der Waals surface area contributed by atoms with Gasteiger partial charge in [0.15, 0.2) is 0 Å². The number of benzene rings is 2. The molecule has 0 heterocycles. The Labute approximate surface area is 139 Å². The van der Waals surface area contributed by atoms with Crippen molar-refractivity contribution in [3.8, 4) is 5.75 Å². The summed E-state index contributed by atoms with van der Waals surface area (Å²) in [6.07, 6.45) is 0.333. The van der Waals surface area contributed by atoms with Gasteiger partial charge < -0.3 is 15.4 Å². The maximum Gasteiger partial charge on any atom is 0.255 e. The number of ether oxygens (including phenoxy) is 1. The molecule has 6 heteroatoms. The van der Waals surface area contributed by atoms with E-state index in [2.05, 4.69) is 10.6 Å². The van der Waals surface area contributed by atoms with Crippen LogP contribution >= 0.6 is 11.6 Å². The molecule has 0 aliphatic heterocycles. The van der Waals surface area contributed by atoms with Crippen molar-refractivity contribution in [2.75, 3.05) is 17.7 Å². The van der Waals surface area contributed by atoms with Gasteiger partial charge in [0.1, 0.15) is 5.75 Å². The van der Waals surface area contributed by atoms with Crippen LogP contribution in [0.15, 0.2) is 42.5 Å². The van der Waals surface area contributed by atoms with E-state index in [1.165, 1.54) is 7.11 Å². The van der Waals surface area contributed by atoms with E-state index < -0.39 is 0 Å². The Balaban J connectivity index is 2.25. The lowest BCUT2D eigenvalue weighted by Crippen LogP contribution is -2.14. The van der Waals surface area contributed by atoms with Gasteiger partial charge in [0, 0.05) is 12.0 Å². The fourth-order valence-electron chi connectivity index (χ4n) is 1.94. The van der Waals surface area contributed by atoms with Crippen molar-refractivity contribution in [3.63, 3.8) is 0 Å². The first-order valence-corrected chi connectivity index (χ1v) is 7.46. The molecule has 0 saturated carbocycles. The number of para-hydroxylation sites is 1. The summed E-state index contributed by atoms with van der Waals surface area (Å²) in [6.45, 7) is 1.75. The van der Waals surface area contributed by atoms with E-state index in [0.717, 1.165) is 0 Å². The quantitative estimate of drug-likeness (QED) is 0.871. The van der Waals surface area contributed by atoms with Gasteiger partial charge in [0.25, 0.3) is 5.91 Å². The molecule has 2 amide bonds. The normalized spacial score (nSPS) is 10.0. The first kappa shape index (κ1) is 16.8. The Kier molecular flexibility index (Phi) is 5.60. The van der Waals surface area contributed by atoms with E-state index >= 15 is 0 Å². The summed E-state index contributed by atoms with van der Waals surface area (Å²) in [4.78, 5) is 23.9. The number of anilines is 2. The molecular formula is C17H17ClN2O3. The summed E-state index contributed by atoms with van der Waals surface area (Å²) in [5.41, 5.74) is 1.36. The highest BCUT2D eigenvalue weighted by Gasteiger charge is 2.13. The molecule has 0 aliphatic rings. The highest BCUT2D eigenvalue weighted by Crippen LogP contribution is 2.27. The fraction of sp³-hybridized carbons (Fsp3) is 0.176. The standard InChI is InChI=1S/C17H17ClN2O3/c1-3-16(21)19-14-10-11(8-9-15(14)23-2)17(22)20-13-7-5-4-6-12(13)18/h4-10H,3H2,1-2H3,(H,19,21)(H,20,22). The molecule has 0 aliphatic carbocycles. The number of carbonyl (C=O) groups excluding carboxylic acids is 2. The van der Waals surface area contributed by atoms with Crippen molar-refractivity contribution in [3.05, 3.63) is 53.1 Å². The number of rotatable bonds is 5. The van der Waals surface area contributed by atoms with Crippen molar-refractivity contribution in [1.82, 2.24) is 0 Å². The largest absolute Gasteiger partial charge is 0.495 e. The zero-order chi connectivity index (χ0) is 16.8. The third kappa shape index (κ3) is 4.23. The second kappa shape index (κ2) is 7.65. The Morgan fingerprint density at radius 3 is 2.48 bits per heavy atom. The molecule has 2 aromatic rings. The molecule has 0 fully saturated rings. The molecule has 2 aromatic carbocycles. The van der Waals surface area contributed by atoms with Crippen molar-refractivity contribution < 1.29 is 14.3 Å². The highest BCUT2D eigenvalue weighted by molar-refractivity contribution is 6.33. The first-order valence-electron chi connectivity index (χ1n) is 7.09. The molecule has 23 heavy (non-hydrogen) atoms. The molecule has 0 atom stereocenters. The number of halogens is 1. The summed E-state index contributed by atoms with van der Waals surface area (Å²) in [5, 5.41) is 5.90. The molecule has 2 N–H and O–H groups in total. The average molecular weight is 333 g/mol. The van der Waals surface area contributed by atoms with Gasteiger partial charge >= 0.3 is 0 Å². The summed E-state index contributed by atoms with van der Waals surface area (Å²) in [7, 11) is 1.50. The average Bonchev–Trinajstić information content (AvgIpc) is 2.56. The van der Waals surface area contributed by atoms with E-state index in [1.54, 1.807) is 49.4 Å². The van der Waals surface area contributed by atoms with Crippen molar-refractivity contribution in [2.45, 2.75) is 13.3 Å². The van der Waals surface area contributed by atoms with Crippen LogP contribution in [0.2, 0.25) is 5.02 Å². The minimum Gasteiger partial charge on any atom is -0.495 e. The second-order valence-electron chi connectivity index (χ2n) is 4.75. The van der Waals surface area contributed by atoms with Gasteiger partial charge in [0.2, 0.25) is 5.91 Å². The zero-order valence-electron chi connectivity index (χ0n) is 12.9. The number of nitrogens with one attached hydrogen (secondary N) is 2. The van der Waals surface area contributed by atoms with Crippen LogP contribution in [-0.4, -0.2) is 18.9 Å². The summed E-state index contributed by atoms with van der Waals surface area (Å²) in [6, 6.07) is 11.8. The van der Waals surface area contributed by atoms with E-state index in [1.807, 2.05) is 0 Å². The van der Waals surface area contributed by atoms with Crippen molar-refractivity contribution in [1.29, 1.82) is 0 Å². The molecule has 2 rings (SSSR count). The van der Waals surface area contributed by atoms with Crippen LogP contribution in [0.3, 0.4) is 0 Å². The fourth-order valence-corrected chi connectivity index (χ4v) is 2.13. The van der Waals surface area contributed by atoms with Crippen LogP contribution in [0.5, 0.6) is 5.75 Å². The van der Waals surface area contributed by atoms with E-state index in [4.69, 9.17) is 16.3 Å². The van der Waals surface area contributed by atoms with Gasteiger partial charge in [-0.1, -0.05) is 30.7 Å². The minimum absolute atomic E-state index is 0.160. The first-order chi connectivity index (χ1) is 11.0. The predicted molar refractivity (Wildman–Crippen MR) is 91.3 cm³/mol. The van der Waals surface area contributed by atoms with Gasteiger partial charge in [-0.2, -0.15) is 0 Å². The Morgan fingerprint density at radius 1 is 1.09 bits per heavy atom. The number of amides is 2. The monoisotopic (exact) mass is 332 g/mol. The Bertz CT molecular complexity index is 732. The summed E-state index contributed by atoms with van der Waals surface area (Å²) >= 11 is 6.03. The van der Waals surface area contributed by atoms with E-state index in [0.29, 0.717) is 34.1 Å². The third-order valence-corrected chi connectivity index (χ3v) is 3.51. The SMILES string of the molecule is CCC(=O)Nc1cc(C(=O)Nc2ccccc2Cl)ccc1OC. The van der Waals surface area contributed by atoms with Gasteiger partial charge in [0.05, 0.1) is 23.5 Å². The Morgan fingerprint density at radius 2 is 1.83 bits per heavy atom. The van der Waals surface area contributed by atoms with Crippen LogP contribution in [0.1, 0.15) is 23.7 Å². The minimum atomic E-state index is -0.326. The number of hydrogen-bond acceptors (Lipinski definition) is 3. The van der Waals surface area contributed by atoms with Crippen LogP contribution in [0, 0.1) is 0 Å². The van der Waals surface area contributed by atoms with E-state index in [-0.39, 0.29) is 11.8 Å². The lowest BCUT2D eigenvalue weighted by atomic mass is 10.1. The van der Waals surface area contributed by atoms with Crippen LogP contribution in [0.4, 0.5) is 11.4 Å². The van der Waals surface area contributed by atoms with Gasteiger partial charge in [-0.3, -0.25) is 9.59 Å². The van der Waals surface area contributed by atoms with Gasteiger partial charge in [-0.05, 0) is 30.3 Å². The highest BCUT2D eigenvalue weighted by atomic mass is 35.5. The molecule has 0 spiro atoms. The van der Waals surface area contributed by atoms with Crippen LogP contribution in [-0.2, 0) is 4.79 Å². The topological polar surface area (TPSA) is 67.4 Å². The van der Waals surface area contributed by atoms with Crippen molar-refractivity contribution >= 4 is 34.8 Å². The molecule has 0 bridgehead atoms. The summed E-state index contributed by atoms with van der Waals surface area (Å²) in [5.74, 6) is 0.000746. The van der Waals surface area contributed by atoms with Crippen molar-refractivity contribution in [2.24, 2.45) is 0 Å². The molecule has 5 nitrogen and oxygen atoms in total. The molecular weight excluding hydrogens is 316 g/mol. The Hall–Kier alpha value is -2.53. The van der Waals surface area contributed by atoms with Crippen LogP contribution < -0.4 is 15.4 Å². The predicted octanol–water partition coefficient (Wildman–Crippen LogP) is 3.95. The molecule has 0 radical (unpaired) electrons. The lowest BCUT2D eigenvalue weighted by molar-refractivity contribution is -0.115. The molecule has 0 unspecified atom stereocenters. The third-order valence-electron chi connectivity index (χ3n) is 3.18. The lowest BCUT2D eigenvalue weighted by Gasteiger charge is -2.12. The number of hydrogen-bond donors (Lipinski definition) is 2. The van der Waals surface area contributed by atoms with E-state index in [9.17, 15) is 9.59 Å². The van der Waals surface area contributed by atoms with Gasteiger partial charge in [-0.15, -0.1) is 0 Å². The summed E-state index contributed by atoms with van der Waals surface area (Å²) < 4.78 is 5.20. The second-order valence-corrected chi connectivity index (χ2v) is 5.16.